The summed E-state index contributed by atoms with van der Waals surface area (Å²) in [5, 5.41) is 39.8. The van der Waals surface area contributed by atoms with Gasteiger partial charge in [0.2, 0.25) is 11.7 Å². The van der Waals surface area contributed by atoms with Crippen molar-refractivity contribution in [1.29, 1.82) is 0 Å². The summed E-state index contributed by atoms with van der Waals surface area (Å²) >= 11 is 0. The molecule has 5 N–H and O–H groups in total. The minimum atomic E-state index is -1.54. The van der Waals surface area contributed by atoms with Gasteiger partial charge in [-0.2, -0.15) is 0 Å². The lowest BCUT2D eigenvalue weighted by Gasteiger charge is -2.38. The molecule has 1 aliphatic heterocycles. The van der Waals surface area contributed by atoms with Crippen LogP contribution in [-0.2, 0) is 14.3 Å². The number of aliphatic hydroxyl groups is 3. The van der Waals surface area contributed by atoms with E-state index in [9.17, 15) is 19.8 Å². The van der Waals surface area contributed by atoms with E-state index < -0.39 is 42.8 Å². The summed E-state index contributed by atoms with van der Waals surface area (Å²) in [6.45, 7) is 2.21. The summed E-state index contributed by atoms with van der Waals surface area (Å²) in [6.07, 6.45) is -2.90. The topological polar surface area (TPSA) is 136 Å². The Balaban J connectivity index is 3.04. The first kappa shape index (κ1) is 16.4. The van der Waals surface area contributed by atoms with Crippen molar-refractivity contribution in [3.8, 4) is 0 Å². The molecule has 0 aromatic heterocycles. The van der Waals surface area contributed by atoms with Gasteiger partial charge in [0.1, 0.15) is 18.3 Å². The van der Waals surface area contributed by atoms with Crippen LogP contribution in [0.2, 0.25) is 0 Å². The quantitative estimate of drug-likeness (QED) is 0.403. The van der Waals surface area contributed by atoms with Gasteiger partial charge < -0.3 is 30.5 Å². The first-order valence-corrected chi connectivity index (χ1v) is 6.13. The van der Waals surface area contributed by atoms with E-state index in [-0.39, 0.29) is 11.7 Å². The number of nitrogens with one attached hydrogen (secondary N) is 1. The summed E-state index contributed by atoms with van der Waals surface area (Å²) < 4.78 is 5.14. The average Bonchev–Trinajstić information content (AvgIpc) is 2.38. The van der Waals surface area contributed by atoms with Crippen molar-refractivity contribution < 1.29 is 34.8 Å². The molecule has 5 atom stereocenters. The molecule has 0 fully saturated rings. The Kier molecular flexibility index (Phi) is 5.49. The normalized spacial score (nSPS) is 28.9. The predicted molar refractivity (Wildman–Crippen MR) is 66.5 cm³/mol. The Hall–Kier alpha value is -1.64. The summed E-state index contributed by atoms with van der Waals surface area (Å²) in [4.78, 5) is 22.1. The van der Waals surface area contributed by atoms with Crippen LogP contribution in [0.3, 0.4) is 0 Å². The molecule has 0 saturated carbocycles. The molecule has 1 rings (SSSR count). The van der Waals surface area contributed by atoms with Gasteiger partial charge in [0, 0.05) is 12.8 Å². The maximum absolute atomic E-state index is 11.2. The van der Waals surface area contributed by atoms with Gasteiger partial charge in [-0.25, -0.2) is 4.79 Å². The van der Waals surface area contributed by atoms with Gasteiger partial charge in [-0.1, -0.05) is 6.92 Å². The maximum atomic E-state index is 11.2. The number of aliphatic hydroxyl groups excluding tert-OH is 3. The van der Waals surface area contributed by atoms with Crippen molar-refractivity contribution in [2.45, 2.75) is 38.2 Å². The molecule has 8 heteroatoms. The summed E-state index contributed by atoms with van der Waals surface area (Å²) in [5.41, 5.74) is 0. The Morgan fingerprint density at radius 2 is 2.05 bits per heavy atom. The van der Waals surface area contributed by atoms with Crippen molar-refractivity contribution in [3.05, 3.63) is 11.8 Å². The van der Waals surface area contributed by atoms with Crippen LogP contribution < -0.4 is 5.32 Å². The zero-order valence-electron chi connectivity index (χ0n) is 11.2. The second-order valence-corrected chi connectivity index (χ2v) is 4.74. The molecular formula is C12H19NO7. The van der Waals surface area contributed by atoms with E-state index in [0.717, 1.165) is 0 Å². The van der Waals surface area contributed by atoms with E-state index in [0.29, 0.717) is 0 Å². The highest BCUT2D eigenvalue weighted by Crippen LogP contribution is 2.26. The van der Waals surface area contributed by atoms with Crippen LogP contribution in [0.15, 0.2) is 11.8 Å². The second-order valence-electron chi connectivity index (χ2n) is 4.74. The van der Waals surface area contributed by atoms with Gasteiger partial charge in [0.25, 0.3) is 0 Å². The van der Waals surface area contributed by atoms with Crippen LogP contribution >= 0.6 is 0 Å². The molecule has 8 nitrogen and oxygen atoms in total. The van der Waals surface area contributed by atoms with Crippen LogP contribution in [-0.4, -0.2) is 63.3 Å². The number of carboxylic acid groups (broad SMARTS) is 1. The molecule has 1 aliphatic rings. The number of hydrogen-bond donors (Lipinski definition) is 5. The summed E-state index contributed by atoms with van der Waals surface area (Å²) in [5.74, 6) is -2.49. The number of rotatable bonds is 5. The molecule has 20 heavy (non-hydrogen) atoms. The third-order valence-electron chi connectivity index (χ3n) is 3.10. The van der Waals surface area contributed by atoms with E-state index in [2.05, 4.69) is 5.32 Å². The fourth-order valence-corrected chi connectivity index (χ4v) is 2.08. The Bertz CT molecular complexity index is 409. The first-order valence-electron chi connectivity index (χ1n) is 6.13. The minimum absolute atomic E-state index is 0.367. The summed E-state index contributed by atoms with van der Waals surface area (Å²) in [6, 6.07) is -0.716. The lowest BCUT2D eigenvalue weighted by atomic mass is 9.88. The van der Waals surface area contributed by atoms with Gasteiger partial charge in [-0.05, 0) is 6.08 Å². The standard InChI is InChI=1S/C12H19NO7/c1-5-3-8(12(18)19)20-11(9(5)13-6(2)15)10(17)7(16)4-14/h3,5,7,9-11,14,16-17H,4H2,1-2H3,(H,13,15)(H,18,19). The maximum Gasteiger partial charge on any atom is 0.370 e. The Morgan fingerprint density at radius 1 is 1.45 bits per heavy atom. The fourth-order valence-electron chi connectivity index (χ4n) is 2.08. The van der Waals surface area contributed by atoms with Gasteiger partial charge in [0.15, 0.2) is 0 Å². The zero-order chi connectivity index (χ0) is 15.4. The van der Waals surface area contributed by atoms with Crippen molar-refractivity contribution in [1.82, 2.24) is 5.32 Å². The number of amides is 1. The molecule has 0 aromatic carbocycles. The van der Waals surface area contributed by atoms with E-state index in [1.54, 1.807) is 6.92 Å². The lowest BCUT2D eigenvalue weighted by Crippen LogP contribution is -2.57. The average molecular weight is 289 g/mol. The van der Waals surface area contributed by atoms with Crippen LogP contribution in [0, 0.1) is 5.92 Å². The van der Waals surface area contributed by atoms with Crippen LogP contribution in [0.5, 0.6) is 0 Å². The molecule has 1 amide bonds. The zero-order valence-corrected chi connectivity index (χ0v) is 11.2. The van der Waals surface area contributed by atoms with Gasteiger partial charge in [0.05, 0.1) is 12.6 Å². The number of carbonyl (C=O) groups is 2. The van der Waals surface area contributed by atoms with Gasteiger partial charge in [-0.15, -0.1) is 0 Å². The first-order chi connectivity index (χ1) is 9.27. The number of ether oxygens (including phenoxy) is 1. The van der Waals surface area contributed by atoms with Crippen LogP contribution in [0.1, 0.15) is 13.8 Å². The Morgan fingerprint density at radius 3 is 2.50 bits per heavy atom. The molecule has 0 aromatic rings. The fraction of sp³-hybridized carbons (Fsp3) is 0.667. The Labute approximate surface area is 115 Å². The van der Waals surface area contributed by atoms with E-state index in [1.165, 1.54) is 13.0 Å². The smallest absolute Gasteiger partial charge is 0.370 e. The van der Waals surface area contributed by atoms with E-state index in [1.807, 2.05) is 0 Å². The molecule has 0 bridgehead atoms. The monoisotopic (exact) mass is 289 g/mol. The molecule has 1 heterocycles. The van der Waals surface area contributed by atoms with Crippen molar-refractivity contribution in [3.63, 3.8) is 0 Å². The minimum Gasteiger partial charge on any atom is -0.478 e. The SMILES string of the molecule is CC(=O)NC1C(C)C=C(C(=O)O)OC1C(O)C(O)CO. The van der Waals surface area contributed by atoms with E-state index >= 15 is 0 Å². The third kappa shape index (κ3) is 3.69. The van der Waals surface area contributed by atoms with Crippen molar-refractivity contribution in [2.75, 3.05) is 6.61 Å². The van der Waals surface area contributed by atoms with E-state index in [4.69, 9.17) is 14.9 Å². The summed E-state index contributed by atoms with van der Waals surface area (Å²) in [7, 11) is 0. The predicted octanol–water partition coefficient (Wildman–Crippen LogP) is -1.79. The molecule has 5 unspecified atom stereocenters. The second kappa shape index (κ2) is 6.69. The molecule has 0 radical (unpaired) electrons. The highest BCUT2D eigenvalue weighted by Gasteiger charge is 2.41. The van der Waals surface area contributed by atoms with Crippen molar-refractivity contribution in [2.24, 2.45) is 5.92 Å². The number of carboxylic acids is 1. The van der Waals surface area contributed by atoms with Gasteiger partial charge in [-0.3, -0.25) is 4.79 Å². The number of hydrogen-bond acceptors (Lipinski definition) is 6. The highest BCUT2D eigenvalue weighted by atomic mass is 16.5. The largest absolute Gasteiger partial charge is 0.478 e. The van der Waals surface area contributed by atoms with Crippen molar-refractivity contribution >= 4 is 11.9 Å². The number of aliphatic carboxylic acids is 1. The van der Waals surface area contributed by atoms with Crippen LogP contribution in [0.25, 0.3) is 0 Å². The molecule has 0 saturated heterocycles. The molecule has 114 valence electrons. The number of carbonyl (C=O) groups excluding carboxylic acids is 1. The molecule has 0 aliphatic carbocycles. The third-order valence-corrected chi connectivity index (χ3v) is 3.10. The lowest BCUT2D eigenvalue weighted by molar-refractivity contribution is -0.146. The van der Waals surface area contributed by atoms with Crippen LogP contribution in [0.4, 0.5) is 0 Å². The molecule has 0 spiro atoms. The molecular weight excluding hydrogens is 270 g/mol. The highest BCUT2D eigenvalue weighted by molar-refractivity contribution is 5.84. The van der Waals surface area contributed by atoms with Gasteiger partial charge >= 0.3 is 5.97 Å².